The maximum Gasteiger partial charge on any atom is 0.252 e. The molecule has 1 unspecified atom stereocenters. The minimum atomic E-state index is -0.132. The Labute approximate surface area is 190 Å². The lowest BCUT2D eigenvalue weighted by atomic mass is 10.0. The number of ether oxygens (including phenoxy) is 1. The van der Waals surface area contributed by atoms with Crippen LogP contribution >= 0.6 is 0 Å². The number of carbonyl (C=O) groups is 1. The smallest absolute Gasteiger partial charge is 0.252 e. The molecule has 2 aromatic rings. The number of piperidine rings is 1. The van der Waals surface area contributed by atoms with Gasteiger partial charge >= 0.3 is 0 Å². The number of hydrogen-bond acceptors (Lipinski definition) is 5. The fourth-order valence-corrected chi connectivity index (χ4v) is 3.88. The Morgan fingerprint density at radius 1 is 1.09 bits per heavy atom. The lowest BCUT2D eigenvalue weighted by molar-refractivity contribution is 0.0954. The second-order valence-corrected chi connectivity index (χ2v) is 7.76. The van der Waals surface area contributed by atoms with Gasteiger partial charge in [0.1, 0.15) is 5.75 Å². The predicted octanol–water partition coefficient (Wildman–Crippen LogP) is 2.21. The van der Waals surface area contributed by atoms with Crippen LogP contribution in [-0.4, -0.2) is 68.6 Å². The number of guanidine groups is 1. The number of pyridine rings is 1. The molecule has 172 valence electrons. The monoisotopic (exact) mass is 438 g/mol. The van der Waals surface area contributed by atoms with Crippen molar-refractivity contribution >= 4 is 11.9 Å². The topological polar surface area (TPSA) is 90.9 Å². The van der Waals surface area contributed by atoms with Crippen LogP contribution in [0.1, 0.15) is 41.2 Å². The second-order valence-electron chi connectivity index (χ2n) is 7.76. The van der Waals surface area contributed by atoms with E-state index in [0.29, 0.717) is 18.7 Å². The minimum Gasteiger partial charge on any atom is -0.497 e. The highest BCUT2D eigenvalue weighted by Gasteiger charge is 2.22. The summed E-state index contributed by atoms with van der Waals surface area (Å²) in [5.41, 5.74) is 1.82. The van der Waals surface area contributed by atoms with E-state index in [1.807, 2.05) is 12.1 Å². The number of likely N-dealkylation sites (tertiary alicyclic amines) is 1. The largest absolute Gasteiger partial charge is 0.497 e. The fourth-order valence-electron chi connectivity index (χ4n) is 3.88. The molecule has 1 aliphatic heterocycles. The average Bonchev–Trinajstić information content (AvgIpc) is 2.86. The van der Waals surface area contributed by atoms with E-state index in [-0.39, 0.29) is 11.9 Å². The zero-order valence-electron chi connectivity index (χ0n) is 19.0. The number of carbonyl (C=O) groups excluding carboxylic acids is 1. The molecule has 1 amide bonds. The summed E-state index contributed by atoms with van der Waals surface area (Å²) in [5, 5.41) is 9.62. The first-order chi connectivity index (χ1) is 15.7. The zero-order valence-corrected chi connectivity index (χ0v) is 19.0. The van der Waals surface area contributed by atoms with Crippen LogP contribution in [0.5, 0.6) is 5.75 Å². The molecule has 1 aromatic heterocycles. The van der Waals surface area contributed by atoms with Crippen LogP contribution in [0, 0.1) is 0 Å². The third-order valence-corrected chi connectivity index (χ3v) is 5.65. The van der Waals surface area contributed by atoms with E-state index in [2.05, 4.69) is 43.0 Å². The average molecular weight is 439 g/mol. The molecule has 1 fully saturated rings. The van der Waals surface area contributed by atoms with E-state index >= 15 is 0 Å². The molecule has 0 bridgehead atoms. The summed E-state index contributed by atoms with van der Waals surface area (Å²) in [5.74, 6) is 1.45. The van der Waals surface area contributed by atoms with Crippen LogP contribution in [0.3, 0.4) is 0 Å². The van der Waals surface area contributed by atoms with E-state index in [4.69, 9.17) is 4.74 Å². The van der Waals surface area contributed by atoms with Crippen LogP contribution in [0.25, 0.3) is 0 Å². The van der Waals surface area contributed by atoms with E-state index in [0.717, 1.165) is 31.3 Å². The summed E-state index contributed by atoms with van der Waals surface area (Å²) >= 11 is 0. The van der Waals surface area contributed by atoms with Crippen LogP contribution in [0.4, 0.5) is 0 Å². The minimum absolute atomic E-state index is 0.132. The maximum atomic E-state index is 12.1. The third kappa shape index (κ3) is 6.95. The van der Waals surface area contributed by atoms with E-state index in [1.54, 1.807) is 38.7 Å². The van der Waals surface area contributed by atoms with Gasteiger partial charge in [0.05, 0.1) is 18.7 Å². The van der Waals surface area contributed by atoms with Crippen molar-refractivity contribution in [2.24, 2.45) is 4.99 Å². The van der Waals surface area contributed by atoms with E-state index in [9.17, 15) is 4.79 Å². The van der Waals surface area contributed by atoms with E-state index in [1.165, 1.54) is 24.8 Å². The van der Waals surface area contributed by atoms with Gasteiger partial charge in [0.15, 0.2) is 5.96 Å². The number of amides is 1. The van der Waals surface area contributed by atoms with Crippen LogP contribution in [0.15, 0.2) is 53.8 Å². The molecule has 0 radical (unpaired) electrons. The number of benzene rings is 1. The lowest BCUT2D eigenvalue weighted by Gasteiger charge is -2.35. The first-order valence-corrected chi connectivity index (χ1v) is 11.2. The molecule has 8 heteroatoms. The molecule has 32 heavy (non-hydrogen) atoms. The zero-order chi connectivity index (χ0) is 22.6. The number of aliphatic imine (C=N–C) groups is 1. The number of rotatable bonds is 9. The molecule has 0 aliphatic carbocycles. The summed E-state index contributed by atoms with van der Waals surface area (Å²) < 4.78 is 5.32. The first kappa shape index (κ1) is 23.5. The highest BCUT2D eigenvalue weighted by Crippen LogP contribution is 2.25. The second kappa shape index (κ2) is 12.7. The van der Waals surface area contributed by atoms with Gasteiger partial charge in [0.25, 0.3) is 5.91 Å². The molecule has 8 nitrogen and oxygen atoms in total. The van der Waals surface area contributed by atoms with Crippen molar-refractivity contribution in [1.82, 2.24) is 25.8 Å². The summed E-state index contributed by atoms with van der Waals surface area (Å²) in [6.07, 6.45) is 6.97. The lowest BCUT2D eigenvalue weighted by Crippen LogP contribution is -2.46. The number of nitrogens with one attached hydrogen (secondary N) is 3. The van der Waals surface area contributed by atoms with Crippen molar-refractivity contribution in [3.8, 4) is 5.75 Å². The first-order valence-electron chi connectivity index (χ1n) is 11.2. The molecule has 3 rings (SSSR count). The Hall–Kier alpha value is -3.13. The van der Waals surface area contributed by atoms with Crippen molar-refractivity contribution in [3.05, 3.63) is 59.9 Å². The SMILES string of the molecule is CN=C(NCCNC(=O)c1cccnc1)NCC(c1ccc(OC)cc1)N1CCCCC1. The summed E-state index contributed by atoms with van der Waals surface area (Å²) in [4.78, 5) is 23.0. The van der Waals surface area contributed by atoms with Gasteiger partial charge in [-0.1, -0.05) is 18.6 Å². The molecular formula is C24H34N6O2. The number of nitrogens with zero attached hydrogens (tertiary/aromatic N) is 3. The molecule has 1 atom stereocenters. The Balaban J connectivity index is 1.51. The molecule has 1 aliphatic rings. The predicted molar refractivity (Wildman–Crippen MR) is 127 cm³/mol. The van der Waals surface area contributed by atoms with Crippen LogP contribution in [-0.2, 0) is 0 Å². The summed E-state index contributed by atoms with van der Waals surface area (Å²) in [7, 11) is 3.44. The normalized spacial score (nSPS) is 15.6. The summed E-state index contributed by atoms with van der Waals surface area (Å²) in [6.45, 7) is 4.01. The molecule has 3 N–H and O–H groups in total. The Morgan fingerprint density at radius 2 is 1.84 bits per heavy atom. The molecule has 1 aromatic carbocycles. The van der Waals surface area contributed by atoms with Gasteiger partial charge in [-0.25, -0.2) is 0 Å². The standard InChI is InChI=1S/C24H34N6O2/c1-25-24(28-14-13-27-23(31)20-7-6-12-26-17-20)29-18-22(30-15-4-3-5-16-30)19-8-10-21(32-2)11-9-19/h6-12,17,22H,3-5,13-16,18H2,1-2H3,(H,27,31)(H2,25,28,29). The van der Waals surface area contributed by atoms with Crippen molar-refractivity contribution in [2.75, 3.05) is 46.9 Å². The van der Waals surface area contributed by atoms with Gasteiger partial charge in [-0.2, -0.15) is 0 Å². The highest BCUT2D eigenvalue weighted by molar-refractivity contribution is 5.93. The van der Waals surface area contributed by atoms with Gasteiger partial charge in [0, 0.05) is 39.1 Å². The van der Waals surface area contributed by atoms with Gasteiger partial charge in [-0.15, -0.1) is 0 Å². The third-order valence-electron chi connectivity index (χ3n) is 5.65. The molecule has 1 saturated heterocycles. The van der Waals surface area contributed by atoms with Crippen molar-refractivity contribution < 1.29 is 9.53 Å². The maximum absolute atomic E-state index is 12.1. The molecular weight excluding hydrogens is 404 g/mol. The van der Waals surface area contributed by atoms with Crippen LogP contribution in [0.2, 0.25) is 0 Å². The Bertz CT molecular complexity index is 851. The number of aromatic nitrogens is 1. The van der Waals surface area contributed by atoms with Gasteiger partial charge in [-0.3, -0.25) is 19.7 Å². The quantitative estimate of drug-likeness (QED) is 0.316. The fraction of sp³-hybridized carbons (Fsp3) is 0.458. The molecule has 0 spiro atoms. The van der Waals surface area contributed by atoms with Gasteiger partial charge in [0.2, 0.25) is 0 Å². The Kier molecular flexibility index (Phi) is 9.31. The number of methoxy groups -OCH3 is 1. The van der Waals surface area contributed by atoms with Crippen LogP contribution < -0.4 is 20.7 Å². The van der Waals surface area contributed by atoms with Crippen molar-refractivity contribution in [3.63, 3.8) is 0 Å². The van der Waals surface area contributed by atoms with Gasteiger partial charge < -0.3 is 20.7 Å². The number of hydrogen-bond donors (Lipinski definition) is 3. The summed E-state index contributed by atoms with van der Waals surface area (Å²) in [6, 6.07) is 12.1. The molecule has 2 heterocycles. The highest BCUT2D eigenvalue weighted by atomic mass is 16.5. The van der Waals surface area contributed by atoms with Crippen molar-refractivity contribution in [1.29, 1.82) is 0 Å². The van der Waals surface area contributed by atoms with Gasteiger partial charge in [-0.05, 0) is 55.8 Å². The van der Waals surface area contributed by atoms with Crippen molar-refractivity contribution in [2.45, 2.75) is 25.3 Å². The Morgan fingerprint density at radius 3 is 2.50 bits per heavy atom. The molecule has 0 saturated carbocycles. The van der Waals surface area contributed by atoms with E-state index < -0.39 is 0 Å².